The van der Waals surface area contributed by atoms with E-state index < -0.39 is 11.9 Å². The fraction of sp³-hybridized carbons (Fsp3) is 0.548. The lowest BCUT2D eigenvalue weighted by molar-refractivity contribution is -0.138. The molecule has 4 heteroatoms. The van der Waals surface area contributed by atoms with Crippen molar-refractivity contribution in [1.82, 2.24) is 0 Å². The highest BCUT2D eigenvalue weighted by Gasteiger charge is 2.42. The summed E-state index contributed by atoms with van der Waals surface area (Å²) in [6.45, 7) is 4.48. The van der Waals surface area contributed by atoms with Crippen LogP contribution in [0, 0.1) is 0 Å². The molecule has 2 N–H and O–H groups in total. The lowest BCUT2D eigenvalue weighted by atomic mass is 9.70. The molecule has 0 atom stereocenters. The Morgan fingerprint density at radius 2 is 1.09 bits per heavy atom. The Morgan fingerprint density at radius 3 is 1.46 bits per heavy atom. The first-order chi connectivity index (χ1) is 16.9. The van der Waals surface area contributed by atoms with Gasteiger partial charge < -0.3 is 10.2 Å². The molecule has 1 aliphatic rings. The number of hydrogen-bond acceptors (Lipinski definition) is 2. The molecule has 35 heavy (non-hydrogen) atoms. The fourth-order valence-electron chi connectivity index (χ4n) is 5.77. The summed E-state index contributed by atoms with van der Waals surface area (Å²) in [6, 6.07) is 13.1. The molecule has 0 bridgehead atoms. The van der Waals surface area contributed by atoms with Gasteiger partial charge >= 0.3 is 11.9 Å². The molecule has 0 spiro atoms. The van der Waals surface area contributed by atoms with Crippen molar-refractivity contribution < 1.29 is 19.8 Å². The van der Waals surface area contributed by atoms with Crippen LogP contribution in [0.3, 0.4) is 0 Å². The zero-order chi connectivity index (χ0) is 25.3. The lowest BCUT2D eigenvalue weighted by Crippen LogP contribution is -2.26. The summed E-state index contributed by atoms with van der Waals surface area (Å²) in [5, 5.41) is 18.4. The van der Waals surface area contributed by atoms with Crippen LogP contribution in [0.25, 0.3) is 11.1 Å². The van der Waals surface area contributed by atoms with Crippen LogP contribution in [0.2, 0.25) is 0 Å². The van der Waals surface area contributed by atoms with E-state index in [1.54, 1.807) is 0 Å². The molecule has 0 heterocycles. The van der Waals surface area contributed by atoms with E-state index in [1.807, 2.05) is 0 Å². The molecule has 0 aromatic heterocycles. The highest BCUT2D eigenvalue weighted by molar-refractivity contribution is 5.82. The molecule has 0 amide bonds. The zero-order valence-corrected chi connectivity index (χ0v) is 21.6. The first-order valence-corrected chi connectivity index (χ1v) is 13.6. The molecule has 1 aliphatic carbocycles. The Balaban J connectivity index is 2.06. The van der Waals surface area contributed by atoms with Crippen LogP contribution in [0.5, 0.6) is 0 Å². The van der Waals surface area contributed by atoms with Crippen molar-refractivity contribution in [1.29, 1.82) is 0 Å². The average molecular weight is 479 g/mol. The van der Waals surface area contributed by atoms with Gasteiger partial charge in [0.15, 0.2) is 0 Å². The number of aliphatic carboxylic acids is 2. The van der Waals surface area contributed by atoms with E-state index in [9.17, 15) is 19.8 Å². The quantitative estimate of drug-likeness (QED) is 0.240. The first-order valence-electron chi connectivity index (χ1n) is 13.6. The van der Waals surface area contributed by atoms with E-state index in [0.29, 0.717) is 12.8 Å². The standard InChI is InChI=1S/C31H42O4/c1-3-5-7-9-19-31(20-10-8-6-4-2)27-21-23(13-17-29(32)33)11-15-25(27)26-16-12-24(22-28(26)31)14-18-30(34)35/h11-12,15-16,21-22H,3-10,13-14,17-20H2,1-2H3,(H,32,33)(H,34,35). The van der Waals surface area contributed by atoms with Gasteiger partial charge in [-0.05, 0) is 59.1 Å². The van der Waals surface area contributed by atoms with Crippen LogP contribution in [-0.4, -0.2) is 22.2 Å². The second-order valence-corrected chi connectivity index (χ2v) is 10.3. The number of aryl methyl sites for hydroxylation is 2. The minimum Gasteiger partial charge on any atom is -0.481 e. The van der Waals surface area contributed by atoms with E-state index in [2.05, 4.69) is 50.2 Å². The van der Waals surface area contributed by atoms with Crippen LogP contribution in [0.4, 0.5) is 0 Å². The van der Waals surface area contributed by atoms with Gasteiger partial charge in [-0.25, -0.2) is 0 Å². The Labute approximate surface area is 210 Å². The first kappa shape index (κ1) is 27.0. The second kappa shape index (κ2) is 12.9. The van der Waals surface area contributed by atoms with Gasteiger partial charge in [0, 0.05) is 18.3 Å². The highest BCUT2D eigenvalue weighted by atomic mass is 16.4. The Kier molecular flexibility index (Phi) is 9.94. The van der Waals surface area contributed by atoms with Gasteiger partial charge in [0.1, 0.15) is 0 Å². The fourth-order valence-corrected chi connectivity index (χ4v) is 5.77. The van der Waals surface area contributed by atoms with Crippen LogP contribution >= 0.6 is 0 Å². The van der Waals surface area contributed by atoms with Gasteiger partial charge in [0.25, 0.3) is 0 Å². The molecular weight excluding hydrogens is 436 g/mol. The summed E-state index contributed by atoms with van der Waals surface area (Å²) in [7, 11) is 0. The molecule has 0 radical (unpaired) electrons. The van der Waals surface area contributed by atoms with E-state index in [-0.39, 0.29) is 18.3 Å². The maximum Gasteiger partial charge on any atom is 0.303 e. The highest BCUT2D eigenvalue weighted by Crippen LogP contribution is 2.54. The number of rotatable bonds is 16. The monoisotopic (exact) mass is 478 g/mol. The summed E-state index contributed by atoms with van der Waals surface area (Å²) < 4.78 is 0. The Hall–Kier alpha value is -2.62. The number of carboxylic acids is 2. The van der Waals surface area contributed by atoms with Crippen molar-refractivity contribution in [2.24, 2.45) is 0 Å². The van der Waals surface area contributed by atoms with Crippen LogP contribution in [0.15, 0.2) is 36.4 Å². The van der Waals surface area contributed by atoms with Gasteiger partial charge in [-0.3, -0.25) is 9.59 Å². The normalized spacial score (nSPS) is 13.4. The molecule has 0 fully saturated rings. The molecule has 0 unspecified atom stereocenters. The summed E-state index contributed by atoms with van der Waals surface area (Å²) in [4.78, 5) is 22.4. The largest absolute Gasteiger partial charge is 0.481 e. The topological polar surface area (TPSA) is 74.6 Å². The van der Waals surface area contributed by atoms with Crippen molar-refractivity contribution in [2.75, 3.05) is 0 Å². The van der Waals surface area contributed by atoms with E-state index in [0.717, 1.165) is 24.0 Å². The second-order valence-electron chi connectivity index (χ2n) is 10.3. The summed E-state index contributed by atoms with van der Waals surface area (Å²) in [6.07, 6.45) is 13.2. The van der Waals surface area contributed by atoms with E-state index in [4.69, 9.17) is 0 Å². The maximum atomic E-state index is 11.2. The molecule has 4 nitrogen and oxygen atoms in total. The Bertz CT molecular complexity index is 926. The third-order valence-corrected chi connectivity index (χ3v) is 7.66. The zero-order valence-electron chi connectivity index (χ0n) is 21.6. The number of benzene rings is 2. The number of fused-ring (bicyclic) bond motifs is 3. The van der Waals surface area contributed by atoms with Gasteiger partial charge in [0.2, 0.25) is 0 Å². The molecule has 190 valence electrons. The van der Waals surface area contributed by atoms with Crippen molar-refractivity contribution in [3.8, 4) is 11.1 Å². The molecule has 3 rings (SSSR count). The predicted octanol–water partition coefficient (Wildman–Crippen LogP) is 7.93. The molecule has 0 saturated carbocycles. The number of unbranched alkanes of at least 4 members (excludes halogenated alkanes) is 6. The van der Waals surface area contributed by atoms with Crippen LogP contribution in [-0.2, 0) is 27.8 Å². The average Bonchev–Trinajstić information content (AvgIpc) is 3.11. The SMILES string of the molecule is CCCCCCC1(CCCCCC)c2cc(CCC(=O)O)ccc2-c2ccc(CCC(=O)O)cc21. The third-order valence-electron chi connectivity index (χ3n) is 7.66. The molecule has 0 aliphatic heterocycles. The summed E-state index contributed by atoms with van der Waals surface area (Å²) in [5.41, 5.74) is 7.38. The van der Waals surface area contributed by atoms with Crippen LogP contribution in [0.1, 0.15) is 113 Å². The van der Waals surface area contributed by atoms with E-state index in [1.165, 1.54) is 73.6 Å². The van der Waals surface area contributed by atoms with Gasteiger partial charge in [-0.2, -0.15) is 0 Å². The predicted molar refractivity (Wildman–Crippen MR) is 142 cm³/mol. The summed E-state index contributed by atoms with van der Waals surface area (Å²) >= 11 is 0. The van der Waals surface area contributed by atoms with Crippen molar-refractivity contribution >= 4 is 11.9 Å². The van der Waals surface area contributed by atoms with Gasteiger partial charge in [0.05, 0.1) is 0 Å². The minimum absolute atomic E-state index is 0.0788. The number of carbonyl (C=O) groups is 2. The molecular formula is C31H42O4. The number of hydrogen-bond donors (Lipinski definition) is 2. The number of carboxylic acid groups (broad SMARTS) is 2. The molecule has 0 saturated heterocycles. The molecule has 2 aromatic carbocycles. The third kappa shape index (κ3) is 6.74. The maximum absolute atomic E-state index is 11.2. The van der Waals surface area contributed by atoms with Crippen LogP contribution < -0.4 is 0 Å². The van der Waals surface area contributed by atoms with Crippen molar-refractivity contribution in [3.63, 3.8) is 0 Å². The molecule has 2 aromatic rings. The summed E-state index contributed by atoms with van der Waals surface area (Å²) in [5.74, 6) is -1.52. The smallest absolute Gasteiger partial charge is 0.303 e. The minimum atomic E-state index is -0.762. The Morgan fingerprint density at radius 1 is 0.657 bits per heavy atom. The van der Waals surface area contributed by atoms with Gasteiger partial charge in [-0.15, -0.1) is 0 Å². The van der Waals surface area contributed by atoms with Crippen molar-refractivity contribution in [3.05, 3.63) is 58.7 Å². The van der Waals surface area contributed by atoms with E-state index >= 15 is 0 Å². The van der Waals surface area contributed by atoms with Crippen molar-refractivity contribution in [2.45, 2.75) is 109 Å². The lowest BCUT2D eigenvalue weighted by Gasteiger charge is -2.33. The van der Waals surface area contributed by atoms with Gasteiger partial charge in [-0.1, -0.05) is 102 Å².